The Labute approximate surface area is 161 Å². The Bertz CT molecular complexity index is 635. The average Bonchev–Trinajstić information content (AvgIpc) is 3.50. The van der Waals surface area contributed by atoms with Gasteiger partial charge in [-0.25, -0.2) is 4.79 Å². The second-order valence-electron chi connectivity index (χ2n) is 7.78. The molecule has 1 saturated carbocycles. The molecule has 0 radical (unpaired) electrons. The van der Waals surface area contributed by atoms with E-state index >= 15 is 0 Å². The normalized spacial score (nSPS) is 19.3. The minimum absolute atomic E-state index is 0.204. The lowest BCUT2D eigenvalue weighted by Crippen LogP contribution is -2.51. The van der Waals surface area contributed by atoms with E-state index in [0.717, 1.165) is 50.9 Å². The van der Waals surface area contributed by atoms with E-state index in [-0.39, 0.29) is 24.0 Å². The maximum absolute atomic E-state index is 12.3. The first-order valence-electron chi connectivity index (χ1n) is 10.0. The number of hydrogen-bond acceptors (Lipinski definition) is 4. The number of ether oxygens (including phenoxy) is 1. The highest BCUT2D eigenvalue weighted by Crippen LogP contribution is 2.24. The number of piperidine rings is 1. The van der Waals surface area contributed by atoms with Crippen molar-refractivity contribution in [2.24, 2.45) is 5.92 Å². The van der Waals surface area contributed by atoms with Crippen LogP contribution >= 0.6 is 0 Å². The molecule has 1 aliphatic carbocycles. The fraction of sp³-hybridized carbons (Fsp3) is 0.619. The number of rotatable bonds is 7. The van der Waals surface area contributed by atoms with Crippen LogP contribution in [0.25, 0.3) is 0 Å². The first-order chi connectivity index (χ1) is 13.0. The molecule has 1 saturated heterocycles. The molecule has 3 amide bonds. The molecule has 6 heteroatoms. The zero-order valence-electron chi connectivity index (χ0n) is 16.4. The van der Waals surface area contributed by atoms with Gasteiger partial charge in [0.2, 0.25) is 5.91 Å². The lowest BCUT2D eigenvalue weighted by Gasteiger charge is -2.35. The van der Waals surface area contributed by atoms with Crippen molar-refractivity contribution in [2.45, 2.75) is 57.5 Å². The highest BCUT2D eigenvalue weighted by molar-refractivity contribution is 5.97. The average molecular weight is 373 g/mol. The zero-order chi connectivity index (χ0) is 19.2. The quantitative estimate of drug-likeness (QED) is 0.771. The van der Waals surface area contributed by atoms with Gasteiger partial charge in [0, 0.05) is 6.04 Å². The van der Waals surface area contributed by atoms with Gasteiger partial charge in [-0.15, -0.1) is 0 Å². The molecule has 2 aliphatic rings. The minimum Gasteiger partial charge on any atom is -0.497 e. The van der Waals surface area contributed by atoms with E-state index in [9.17, 15) is 9.59 Å². The van der Waals surface area contributed by atoms with Crippen molar-refractivity contribution < 1.29 is 14.3 Å². The molecular formula is C21H31N3O3. The predicted octanol–water partition coefficient (Wildman–Crippen LogP) is 2.72. The van der Waals surface area contributed by atoms with E-state index in [2.05, 4.69) is 27.7 Å². The summed E-state index contributed by atoms with van der Waals surface area (Å²) in [5.41, 5.74) is 1.34. The zero-order valence-corrected chi connectivity index (χ0v) is 16.4. The van der Waals surface area contributed by atoms with Gasteiger partial charge in [-0.3, -0.25) is 15.0 Å². The topological polar surface area (TPSA) is 70.7 Å². The summed E-state index contributed by atoms with van der Waals surface area (Å²) >= 11 is 0. The summed E-state index contributed by atoms with van der Waals surface area (Å²) in [5, 5.41) is 5.27. The maximum atomic E-state index is 12.3. The SMILES string of the molecule is COc1ccc(CCC2CCN(C(C)C(=O)NC(=O)NC3CC3)CC2)cc1. The first kappa shape index (κ1) is 19.7. The third kappa shape index (κ3) is 5.96. The van der Waals surface area contributed by atoms with Crippen LogP contribution < -0.4 is 15.4 Å². The van der Waals surface area contributed by atoms with Crippen molar-refractivity contribution in [3.05, 3.63) is 29.8 Å². The molecule has 0 aromatic heterocycles. The Morgan fingerprint density at radius 3 is 2.41 bits per heavy atom. The Kier molecular flexibility index (Phi) is 6.72. The second-order valence-corrected chi connectivity index (χ2v) is 7.78. The van der Waals surface area contributed by atoms with Crippen molar-refractivity contribution in [3.63, 3.8) is 0 Å². The van der Waals surface area contributed by atoms with Gasteiger partial charge in [-0.1, -0.05) is 12.1 Å². The number of imide groups is 1. The van der Waals surface area contributed by atoms with Crippen molar-refractivity contribution in [1.82, 2.24) is 15.5 Å². The Balaban J connectivity index is 1.36. The number of nitrogens with one attached hydrogen (secondary N) is 2. The summed E-state index contributed by atoms with van der Waals surface area (Å²) in [7, 11) is 1.68. The minimum atomic E-state index is -0.358. The van der Waals surface area contributed by atoms with Gasteiger partial charge in [-0.2, -0.15) is 0 Å². The Hall–Kier alpha value is -2.08. The fourth-order valence-corrected chi connectivity index (χ4v) is 3.62. The van der Waals surface area contributed by atoms with Gasteiger partial charge in [-0.05, 0) is 82.2 Å². The molecule has 1 heterocycles. The van der Waals surface area contributed by atoms with Crippen molar-refractivity contribution in [2.75, 3.05) is 20.2 Å². The van der Waals surface area contributed by atoms with Crippen LogP contribution in [-0.2, 0) is 11.2 Å². The van der Waals surface area contributed by atoms with Gasteiger partial charge < -0.3 is 10.1 Å². The summed E-state index contributed by atoms with van der Waals surface area (Å²) < 4.78 is 5.20. The summed E-state index contributed by atoms with van der Waals surface area (Å²) in [6.07, 6.45) is 6.48. The van der Waals surface area contributed by atoms with Gasteiger partial charge >= 0.3 is 6.03 Å². The monoisotopic (exact) mass is 373 g/mol. The van der Waals surface area contributed by atoms with Crippen LogP contribution in [0.15, 0.2) is 24.3 Å². The van der Waals surface area contributed by atoms with Crippen LogP contribution in [0, 0.1) is 5.92 Å². The van der Waals surface area contributed by atoms with E-state index in [1.54, 1.807) is 7.11 Å². The van der Waals surface area contributed by atoms with E-state index in [0.29, 0.717) is 5.92 Å². The van der Waals surface area contributed by atoms with E-state index in [1.807, 2.05) is 19.1 Å². The van der Waals surface area contributed by atoms with E-state index in [1.165, 1.54) is 12.0 Å². The number of benzene rings is 1. The molecular weight excluding hydrogens is 342 g/mol. The summed E-state index contributed by atoms with van der Waals surface area (Å²) in [6, 6.07) is 7.92. The summed E-state index contributed by atoms with van der Waals surface area (Å²) in [6.45, 7) is 3.70. The molecule has 0 spiro atoms. The first-order valence-corrected chi connectivity index (χ1v) is 10.0. The van der Waals surface area contributed by atoms with Crippen LogP contribution in [0.1, 0.15) is 44.6 Å². The molecule has 0 bridgehead atoms. The third-order valence-electron chi connectivity index (χ3n) is 5.73. The van der Waals surface area contributed by atoms with E-state index < -0.39 is 0 Å². The van der Waals surface area contributed by atoms with Crippen LogP contribution in [-0.4, -0.2) is 49.1 Å². The Morgan fingerprint density at radius 1 is 1.15 bits per heavy atom. The standard InChI is InChI=1S/C21H31N3O3/c1-15(20(25)23-21(26)22-18-7-8-18)24-13-11-17(12-14-24)4-3-16-5-9-19(27-2)10-6-16/h5-6,9-10,15,17-18H,3-4,7-8,11-14H2,1-2H3,(H2,22,23,25,26). The van der Waals surface area contributed by atoms with E-state index in [4.69, 9.17) is 4.74 Å². The van der Waals surface area contributed by atoms with Crippen LogP contribution in [0.4, 0.5) is 4.79 Å². The predicted molar refractivity (Wildman–Crippen MR) is 105 cm³/mol. The van der Waals surface area contributed by atoms with Gasteiger partial charge in [0.15, 0.2) is 0 Å². The number of nitrogens with zero attached hydrogens (tertiary/aromatic N) is 1. The van der Waals surface area contributed by atoms with Crippen molar-refractivity contribution >= 4 is 11.9 Å². The number of aryl methyl sites for hydroxylation is 1. The molecule has 2 N–H and O–H groups in total. The van der Waals surface area contributed by atoms with Crippen molar-refractivity contribution in [3.8, 4) is 5.75 Å². The smallest absolute Gasteiger partial charge is 0.321 e. The summed E-state index contributed by atoms with van der Waals surface area (Å²) in [5.74, 6) is 1.38. The molecule has 1 aliphatic heterocycles. The number of methoxy groups -OCH3 is 1. The largest absolute Gasteiger partial charge is 0.497 e. The van der Waals surface area contributed by atoms with Gasteiger partial charge in [0.05, 0.1) is 13.2 Å². The fourth-order valence-electron chi connectivity index (χ4n) is 3.62. The van der Waals surface area contributed by atoms with Crippen LogP contribution in [0.2, 0.25) is 0 Å². The number of carbonyl (C=O) groups is 2. The third-order valence-corrected chi connectivity index (χ3v) is 5.73. The number of amides is 3. The van der Waals surface area contributed by atoms with Crippen LogP contribution in [0.3, 0.4) is 0 Å². The molecule has 3 rings (SSSR count). The number of carbonyl (C=O) groups excluding carboxylic acids is 2. The van der Waals surface area contributed by atoms with Crippen molar-refractivity contribution in [1.29, 1.82) is 0 Å². The molecule has 2 fully saturated rings. The van der Waals surface area contributed by atoms with Crippen LogP contribution in [0.5, 0.6) is 5.75 Å². The molecule has 1 aromatic rings. The number of urea groups is 1. The molecule has 148 valence electrons. The lowest BCUT2D eigenvalue weighted by atomic mass is 9.90. The number of hydrogen-bond donors (Lipinski definition) is 2. The highest BCUT2D eigenvalue weighted by atomic mass is 16.5. The molecule has 6 nitrogen and oxygen atoms in total. The second kappa shape index (κ2) is 9.22. The summed E-state index contributed by atoms with van der Waals surface area (Å²) in [4.78, 5) is 26.2. The molecule has 1 unspecified atom stereocenters. The van der Waals surface area contributed by atoms with Gasteiger partial charge in [0.25, 0.3) is 0 Å². The molecule has 1 atom stereocenters. The molecule has 27 heavy (non-hydrogen) atoms. The Morgan fingerprint density at radius 2 is 1.81 bits per heavy atom. The molecule has 1 aromatic carbocycles. The highest BCUT2D eigenvalue weighted by Gasteiger charge is 2.29. The number of likely N-dealkylation sites (tertiary alicyclic amines) is 1. The van der Waals surface area contributed by atoms with Gasteiger partial charge in [0.1, 0.15) is 5.75 Å². The lowest BCUT2D eigenvalue weighted by molar-refractivity contribution is -0.125. The maximum Gasteiger partial charge on any atom is 0.321 e.